The molecule has 0 radical (unpaired) electrons. The van der Waals surface area contributed by atoms with Crippen molar-refractivity contribution in [2.45, 2.75) is 37.4 Å². The van der Waals surface area contributed by atoms with Crippen LogP contribution in [-0.2, 0) is 4.84 Å². The maximum atomic E-state index is 4.93. The van der Waals surface area contributed by atoms with Crippen molar-refractivity contribution < 1.29 is 4.84 Å². The van der Waals surface area contributed by atoms with Gasteiger partial charge in [-0.15, -0.1) is 0 Å². The Labute approximate surface area is 72.8 Å². The molecule has 0 aliphatic heterocycles. The fourth-order valence-electron chi connectivity index (χ4n) is 1.49. The molecule has 0 spiro atoms. The van der Waals surface area contributed by atoms with Gasteiger partial charge in [0.2, 0.25) is 0 Å². The number of hydrogen-bond donors (Lipinski definition) is 1. The number of rotatable bonds is 4. The van der Waals surface area contributed by atoms with Crippen molar-refractivity contribution in [3.63, 3.8) is 0 Å². The van der Waals surface area contributed by atoms with Crippen LogP contribution in [0.1, 0.15) is 32.1 Å². The molecule has 1 saturated carbocycles. The highest BCUT2D eigenvalue weighted by Gasteiger charge is 2.12. The Morgan fingerprint density at radius 3 is 2.64 bits per heavy atom. The molecule has 2 N–H and O–H groups in total. The molecule has 0 aromatic rings. The second kappa shape index (κ2) is 5.86. The van der Waals surface area contributed by atoms with Crippen LogP contribution in [0.3, 0.4) is 0 Å². The first kappa shape index (κ1) is 9.36. The summed E-state index contributed by atoms with van der Waals surface area (Å²) in [5.74, 6) is 5.99. The lowest BCUT2D eigenvalue weighted by atomic mass is 10.0. The molecule has 0 unspecified atom stereocenters. The van der Waals surface area contributed by atoms with Gasteiger partial charge in [-0.2, -0.15) is 11.8 Å². The van der Waals surface area contributed by atoms with Gasteiger partial charge in [0.25, 0.3) is 0 Å². The van der Waals surface area contributed by atoms with E-state index in [-0.39, 0.29) is 0 Å². The summed E-state index contributed by atoms with van der Waals surface area (Å²) in [6.07, 6.45) is 7.07. The zero-order valence-electron chi connectivity index (χ0n) is 6.92. The van der Waals surface area contributed by atoms with Gasteiger partial charge in [0, 0.05) is 11.0 Å². The van der Waals surface area contributed by atoms with Crippen molar-refractivity contribution in [1.29, 1.82) is 0 Å². The van der Waals surface area contributed by atoms with Crippen LogP contribution < -0.4 is 5.90 Å². The molecule has 66 valence electrons. The van der Waals surface area contributed by atoms with E-state index in [2.05, 4.69) is 4.84 Å². The summed E-state index contributed by atoms with van der Waals surface area (Å²) in [6, 6.07) is 0. The highest BCUT2D eigenvalue weighted by molar-refractivity contribution is 7.99. The molecule has 0 aromatic heterocycles. The third-order valence-electron chi connectivity index (χ3n) is 2.11. The third-order valence-corrected chi connectivity index (χ3v) is 3.45. The predicted molar refractivity (Wildman–Crippen MR) is 49.5 cm³/mol. The highest BCUT2D eigenvalue weighted by atomic mass is 32.2. The van der Waals surface area contributed by atoms with Gasteiger partial charge in [-0.3, -0.25) is 0 Å². The lowest BCUT2D eigenvalue weighted by Crippen LogP contribution is -2.11. The summed E-state index contributed by atoms with van der Waals surface area (Å²) in [6.45, 7) is 0.696. The van der Waals surface area contributed by atoms with E-state index in [0.29, 0.717) is 6.61 Å². The number of nitrogens with two attached hydrogens (primary N) is 1. The van der Waals surface area contributed by atoms with Gasteiger partial charge in [-0.25, -0.2) is 5.90 Å². The summed E-state index contributed by atoms with van der Waals surface area (Å²) >= 11 is 2.02. The van der Waals surface area contributed by atoms with E-state index in [1.165, 1.54) is 32.1 Å². The SMILES string of the molecule is NOCCSC1CCCCC1. The molecular formula is C8H17NOS. The Balaban J connectivity index is 1.96. The molecular weight excluding hydrogens is 158 g/mol. The van der Waals surface area contributed by atoms with Gasteiger partial charge >= 0.3 is 0 Å². The minimum Gasteiger partial charge on any atom is -0.304 e. The number of thioether (sulfide) groups is 1. The highest BCUT2D eigenvalue weighted by Crippen LogP contribution is 2.27. The van der Waals surface area contributed by atoms with E-state index < -0.39 is 0 Å². The van der Waals surface area contributed by atoms with Crippen molar-refractivity contribution >= 4 is 11.8 Å². The zero-order valence-corrected chi connectivity index (χ0v) is 7.74. The molecule has 0 amide bonds. The van der Waals surface area contributed by atoms with Gasteiger partial charge in [0.15, 0.2) is 0 Å². The van der Waals surface area contributed by atoms with Crippen LogP contribution in [0.5, 0.6) is 0 Å². The molecule has 0 aromatic carbocycles. The average molecular weight is 175 g/mol. The van der Waals surface area contributed by atoms with E-state index in [4.69, 9.17) is 5.90 Å². The maximum Gasteiger partial charge on any atom is 0.0769 e. The van der Waals surface area contributed by atoms with Crippen LogP contribution in [0.25, 0.3) is 0 Å². The topological polar surface area (TPSA) is 35.2 Å². The second-order valence-electron chi connectivity index (χ2n) is 3.00. The van der Waals surface area contributed by atoms with E-state index in [0.717, 1.165) is 11.0 Å². The van der Waals surface area contributed by atoms with E-state index in [1.54, 1.807) is 0 Å². The van der Waals surface area contributed by atoms with E-state index in [9.17, 15) is 0 Å². The fraction of sp³-hybridized carbons (Fsp3) is 1.00. The molecule has 1 aliphatic rings. The average Bonchev–Trinajstić information content (AvgIpc) is 2.07. The van der Waals surface area contributed by atoms with Crippen molar-refractivity contribution in [3.8, 4) is 0 Å². The minimum absolute atomic E-state index is 0.696. The standard InChI is InChI=1S/C8H17NOS/c9-10-6-7-11-8-4-2-1-3-5-8/h8H,1-7,9H2. The summed E-state index contributed by atoms with van der Waals surface area (Å²) in [4.78, 5) is 4.51. The Morgan fingerprint density at radius 1 is 1.27 bits per heavy atom. The van der Waals surface area contributed by atoms with Crippen LogP contribution in [0.4, 0.5) is 0 Å². The Kier molecular flexibility index (Phi) is 4.99. The van der Waals surface area contributed by atoms with Crippen molar-refractivity contribution in [2.75, 3.05) is 12.4 Å². The molecule has 1 aliphatic carbocycles. The largest absolute Gasteiger partial charge is 0.304 e. The van der Waals surface area contributed by atoms with Crippen LogP contribution in [-0.4, -0.2) is 17.6 Å². The minimum atomic E-state index is 0.696. The molecule has 0 atom stereocenters. The predicted octanol–water partition coefficient (Wildman–Crippen LogP) is 1.94. The quantitative estimate of drug-likeness (QED) is 0.524. The first-order valence-corrected chi connectivity index (χ1v) is 5.41. The van der Waals surface area contributed by atoms with Gasteiger partial charge < -0.3 is 4.84 Å². The van der Waals surface area contributed by atoms with E-state index in [1.807, 2.05) is 11.8 Å². The lowest BCUT2D eigenvalue weighted by Gasteiger charge is -2.20. The van der Waals surface area contributed by atoms with E-state index >= 15 is 0 Å². The molecule has 1 rings (SSSR count). The van der Waals surface area contributed by atoms with Crippen LogP contribution in [0.2, 0.25) is 0 Å². The van der Waals surface area contributed by atoms with Gasteiger partial charge in [-0.1, -0.05) is 19.3 Å². The Hall–Kier alpha value is 0.270. The summed E-state index contributed by atoms with van der Waals surface area (Å²) in [7, 11) is 0. The molecule has 0 heterocycles. The second-order valence-corrected chi connectivity index (χ2v) is 4.41. The first-order valence-electron chi connectivity index (χ1n) is 4.37. The summed E-state index contributed by atoms with van der Waals surface area (Å²) < 4.78 is 0. The Bertz CT molecular complexity index is 94.1. The first-order chi connectivity index (χ1) is 5.43. The molecule has 3 heteroatoms. The zero-order chi connectivity index (χ0) is 7.94. The molecule has 2 nitrogen and oxygen atoms in total. The van der Waals surface area contributed by atoms with Gasteiger partial charge in [-0.05, 0) is 12.8 Å². The van der Waals surface area contributed by atoms with Crippen LogP contribution >= 0.6 is 11.8 Å². The van der Waals surface area contributed by atoms with Gasteiger partial charge in [0.1, 0.15) is 0 Å². The molecule has 11 heavy (non-hydrogen) atoms. The van der Waals surface area contributed by atoms with Crippen molar-refractivity contribution in [1.82, 2.24) is 0 Å². The molecule has 0 bridgehead atoms. The smallest absolute Gasteiger partial charge is 0.0769 e. The Morgan fingerprint density at radius 2 is 2.00 bits per heavy atom. The van der Waals surface area contributed by atoms with Crippen molar-refractivity contribution in [2.24, 2.45) is 5.90 Å². The summed E-state index contributed by atoms with van der Waals surface area (Å²) in [5, 5.41) is 0.888. The monoisotopic (exact) mass is 175 g/mol. The fourth-order valence-corrected chi connectivity index (χ4v) is 2.69. The third kappa shape index (κ3) is 3.99. The summed E-state index contributed by atoms with van der Waals surface area (Å²) in [5.41, 5.74) is 0. The lowest BCUT2D eigenvalue weighted by molar-refractivity contribution is 0.155. The molecule has 0 saturated heterocycles. The van der Waals surface area contributed by atoms with Gasteiger partial charge in [0.05, 0.1) is 6.61 Å². The van der Waals surface area contributed by atoms with Crippen molar-refractivity contribution in [3.05, 3.63) is 0 Å². The normalized spacial score (nSPS) is 20.5. The maximum absolute atomic E-state index is 4.93. The number of hydrogen-bond acceptors (Lipinski definition) is 3. The molecule has 1 fully saturated rings. The van der Waals surface area contributed by atoms with Crippen LogP contribution in [0.15, 0.2) is 0 Å². The van der Waals surface area contributed by atoms with Crippen LogP contribution in [0, 0.1) is 0 Å².